The van der Waals surface area contributed by atoms with Gasteiger partial charge < -0.3 is 10.6 Å². The van der Waals surface area contributed by atoms with Crippen LogP contribution in [0.5, 0.6) is 0 Å². The van der Waals surface area contributed by atoms with Crippen LogP contribution in [0.3, 0.4) is 0 Å². The predicted octanol–water partition coefficient (Wildman–Crippen LogP) is 2.73. The standard InChI is InChI=1S/C11H12BrN3O/c1-8(6-13)7-14-11(16)15-10-4-2-9(12)3-5-10/h2-5,8H,7H2,1H3,(H2,14,15,16)/t8-/m0/s1. The number of hydrogen-bond donors (Lipinski definition) is 2. The van der Waals surface area contributed by atoms with Crippen LogP contribution in [0.4, 0.5) is 10.5 Å². The molecule has 0 aliphatic carbocycles. The molecule has 1 aromatic carbocycles. The summed E-state index contributed by atoms with van der Waals surface area (Å²) < 4.78 is 0.955. The number of carbonyl (C=O) groups excluding carboxylic acids is 1. The minimum Gasteiger partial charge on any atom is -0.337 e. The number of carbonyl (C=O) groups is 1. The molecule has 0 bridgehead atoms. The highest BCUT2D eigenvalue weighted by Crippen LogP contribution is 2.13. The van der Waals surface area contributed by atoms with Crippen LogP contribution in [-0.2, 0) is 0 Å². The molecular formula is C11H12BrN3O. The first-order valence-corrected chi connectivity index (χ1v) is 5.61. The Labute approximate surface area is 103 Å². The topological polar surface area (TPSA) is 64.9 Å². The van der Waals surface area contributed by atoms with Gasteiger partial charge in [-0.25, -0.2) is 4.79 Å². The van der Waals surface area contributed by atoms with E-state index in [-0.39, 0.29) is 11.9 Å². The van der Waals surface area contributed by atoms with Crippen LogP contribution >= 0.6 is 15.9 Å². The van der Waals surface area contributed by atoms with Crippen molar-refractivity contribution in [2.45, 2.75) is 6.92 Å². The van der Waals surface area contributed by atoms with E-state index in [9.17, 15) is 4.79 Å². The van der Waals surface area contributed by atoms with E-state index in [2.05, 4.69) is 26.6 Å². The molecule has 0 saturated carbocycles. The molecule has 0 heterocycles. The van der Waals surface area contributed by atoms with Gasteiger partial charge >= 0.3 is 6.03 Å². The number of nitrogens with one attached hydrogen (secondary N) is 2. The van der Waals surface area contributed by atoms with E-state index < -0.39 is 0 Å². The Bertz CT molecular complexity index is 397. The summed E-state index contributed by atoms with van der Waals surface area (Å²) in [6.07, 6.45) is 0. The highest BCUT2D eigenvalue weighted by molar-refractivity contribution is 9.10. The zero-order valence-corrected chi connectivity index (χ0v) is 10.4. The lowest BCUT2D eigenvalue weighted by molar-refractivity contribution is 0.251. The van der Waals surface area contributed by atoms with Crippen molar-refractivity contribution < 1.29 is 4.79 Å². The lowest BCUT2D eigenvalue weighted by Gasteiger charge is -2.08. The monoisotopic (exact) mass is 281 g/mol. The third-order valence-electron chi connectivity index (χ3n) is 1.89. The maximum absolute atomic E-state index is 11.4. The van der Waals surface area contributed by atoms with Crippen molar-refractivity contribution in [3.8, 4) is 6.07 Å². The fraction of sp³-hybridized carbons (Fsp3) is 0.273. The van der Waals surface area contributed by atoms with Crippen LogP contribution in [0.15, 0.2) is 28.7 Å². The Kier molecular flexibility index (Phi) is 4.80. The highest BCUT2D eigenvalue weighted by atomic mass is 79.9. The summed E-state index contributed by atoms with van der Waals surface area (Å²) in [5, 5.41) is 13.8. The number of benzene rings is 1. The predicted molar refractivity (Wildman–Crippen MR) is 65.9 cm³/mol. The van der Waals surface area contributed by atoms with Crippen molar-refractivity contribution in [3.05, 3.63) is 28.7 Å². The fourth-order valence-corrected chi connectivity index (χ4v) is 1.26. The van der Waals surface area contributed by atoms with E-state index in [1.165, 1.54) is 0 Å². The summed E-state index contributed by atoms with van der Waals surface area (Å²) in [6, 6.07) is 9.00. The number of halogens is 1. The first-order chi connectivity index (χ1) is 7.61. The number of urea groups is 1. The highest BCUT2D eigenvalue weighted by Gasteiger charge is 2.04. The van der Waals surface area contributed by atoms with Crippen molar-refractivity contribution in [1.82, 2.24) is 5.32 Å². The van der Waals surface area contributed by atoms with Crippen molar-refractivity contribution >= 4 is 27.6 Å². The van der Waals surface area contributed by atoms with Gasteiger partial charge in [0, 0.05) is 16.7 Å². The van der Waals surface area contributed by atoms with Crippen molar-refractivity contribution in [3.63, 3.8) is 0 Å². The maximum atomic E-state index is 11.4. The molecule has 4 nitrogen and oxygen atoms in total. The molecule has 0 saturated heterocycles. The lowest BCUT2D eigenvalue weighted by Crippen LogP contribution is -2.31. The van der Waals surface area contributed by atoms with Crippen LogP contribution in [-0.4, -0.2) is 12.6 Å². The van der Waals surface area contributed by atoms with Gasteiger partial charge in [-0.1, -0.05) is 15.9 Å². The van der Waals surface area contributed by atoms with Gasteiger partial charge in [0.2, 0.25) is 0 Å². The minimum absolute atomic E-state index is 0.185. The molecule has 1 atom stereocenters. The van der Waals surface area contributed by atoms with Crippen LogP contribution in [0.25, 0.3) is 0 Å². The SMILES string of the molecule is C[C@@H](C#N)CNC(=O)Nc1ccc(Br)cc1. The molecule has 0 radical (unpaired) electrons. The van der Waals surface area contributed by atoms with E-state index in [0.29, 0.717) is 12.2 Å². The van der Waals surface area contributed by atoms with E-state index in [0.717, 1.165) is 4.47 Å². The zero-order valence-electron chi connectivity index (χ0n) is 8.83. The van der Waals surface area contributed by atoms with Crippen LogP contribution < -0.4 is 10.6 Å². The molecular weight excluding hydrogens is 270 g/mol. The average molecular weight is 282 g/mol. The second-order valence-corrected chi connectivity index (χ2v) is 4.29. The van der Waals surface area contributed by atoms with Gasteiger partial charge in [0.25, 0.3) is 0 Å². The Morgan fingerprint density at radius 1 is 1.50 bits per heavy atom. The molecule has 0 aliphatic rings. The Hall–Kier alpha value is -1.54. The molecule has 0 aromatic heterocycles. The molecule has 0 aliphatic heterocycles. The zero-order chi connectivity index (χ0) is 12.0. The summed E-state index contributed by atoms with van der Waals surface area (Å²) in [4.78, 5) is 11.4. The van der Waals surface area contributed by atoms with Gasteiger partial charge in [-0.05, 0) is 31.2 Å². The quantitative estimate of drug-likeness (QED) is 0.895. The van der Waals surface area contributed by atoms with E-state index in [1.54, 1.807) is 19.1 Å². The van der Waals surface area contributed by atoms with Crippen LogP contribution in [0.1, 0.15) is 6.92 Å². The second kappa shape index (κ2) is 6.13. The smallest absolute Gasteiger partial charge is 0.319 e. The van der Waals surface area contributed by atoms with Crippen molar-refractivity contribution in [2.24, 2.45) is 5.92 Å². The summed E-state index contributed by atoms with van der Waals surface area (Å²) in [5.41, 5.74) is 0.713. The molecule has 0 unspecified atom stereocenters. The van der Waals surface area contributed by atoms with Gasteiger partial charge in [-0.15, -0.1) is 0 Å². The summed E-state index contributed by atoms with van der Waals surface area (Å²) in [5.74, 6) is -0.185. The van der Waals surface area contributed by atoms with Gasteiger partial charge in [0.05, 0.1) is 12.0 Å². The Morgan fingerprint density at radius 2 is 2.12 bits per heavy atom. The normalized spacial score (nSPS) is 11.3. The van der Waals surface area contributed by atoms with E-state index in [4.69, 9.17) is 5.26 Å². The first-order valence-electron chi connectivity index (χ1n) is 4.82. The summed E-state index contributed by atoms with van der Waals surface area (Å²) >= 11 is 3.31. The second-order valence-electron chi connectivity index (χ2n) is 3.37. The molecule has 5 heteroatoms. The van der Waals surface area contributed by atoms with Crippen molar-refractivity contribution in [2.75, 3.05) is 11.9 Å². The molecule has 2 amide bonds. The molecule has 16 heavy (non-hydrogen) atoms. The third kappa shape index (κ3) is 4.32. The van der Waals surface area contributed by atoms with Crippen molar-refractivity contribution in [1.29, 1.82) is 5.26 Å². The van der Waals surface area contributed by atoms with Gasteiger partial charge in [0.1, 0.15) is 0 Å². The average Bonchev–Trinajstić information content (AvgIpc) is 2.29. The van der Waals surface area contributed by atoms with Gasteiger partial charge in [0.15, 0.2) is 0 Å². The number of anilines is 1. The number of rotatable bonds is 3. The number of amides is 2. The first kappa shape index (κ1) is 12.5. The number of nitriles is 1. The lowest BCUT2D eigenvalue weighted by atomic mass is 10.2. The van der Waals surface area contributed by atoms with Crippen LogP contribution in [0, 0.1) is 17.2 Å². The van der Waals surface area contributed by atoms with Gasteiger partial charge in [-0.3, -0.25) is 0 Å². The Morgan fingerprint density at radius 3 is 2.69 bits per heavy atom. The molecule has 0 fully saturated rings. The number of nitrogens with zero attached hydrogens (tertiary/aromatic N) is 1. The van der Waals surface area contributed by atoms with E-state index >= 15 is 0 Å². The fourth-order valence-electron chi connectivity index (χ4n) is 1.000. The molecule has 2 N–H and O–H groups in total. The van der Waals surface area contributed by atoms with Crippen LogP contribution in [0.2, 0.25) is 0 Å². The Balaban J connectivity index is 2.40. The summed E-state index contributed by atoms with van der Waals surface area (Å²) in [7, 11) is 0. The maximum Gasteiger partial charge on any atom is 0.319 e. The molecule has 84 valence electrons. The van der Waals surface area contributed by atoms with Gasteiger partial charge in [-0.2, -0.15) is 5.26 Å². The largest absolute Gasteiger partial charge is 0.337 e. The number of hydrogen-bond acceptors (Lipinski definition) is 2. The molecule has 0 spiro atoms. The molecule has 1 aromatic rings. The third-order valence-corrected chi connectivity index (χ3v) is 2.42. The summed E-state index contributed by atoms with van der Waals surface area (Å²) in [6.45, 7) is 2.10. The van der Waals surface area contributed by atoms with E-state index in [1.807, 2.05) is 18.2 Å². The molecule has 1 rings (SSSR count). The minimum atomic E-state index is -0.301.